The van der Waals surface area contributed by atoms with Gasteiger partial charge < -0.3 is 9.64 Å². The molecule has 0 saturated carbocycles. The molecule has 0 spiro atoms. The highest BCUT2D eigenvalue weighted by atomic mass is 35.5. The fourth-order valence-corrected chi connectivity index (χ4v) is 6.53. The first-order valence-electron chi connectivity index (χ1n) is 12.2. The number of halogens is 3. The van der Waals surface area contributed by atoms with E-state index in [1.54, 1.807) is 36.2 Å². The van der Waals surface area contributed by atoms with Gasteiger partial charge in [-0.1, -0.05) is 48.0 Å². The zero-order chi connectivity index (χ0) is 27.3. The molecule has 1 amide bonds. The van der Waals surface area contributed by atoms with E-state index in [4.69, 9.17) is 16.3 Å². The normalized spacial score (nSPS) is 18.2. The monoisotopic (exact) mass is 562 g/mol. The Morgan fingerprint density at radius 2 is 1.68 bits per heavy atom. The highest BCUT2D eigenvalue weighted by Crippen LogP contribution is 2.38. The summed E-state index contributed by atoms with van der Waals surface area (Å²) in [5.41, 5.74) is 0.0343. The quantitative estimate of drug-likeness (QED) is 0.345. The molecule has 3 aromatic carbocycles. The third-order valence-corrected chi connectivity index (χ3v) is 8.87. The third-order valence-electron chi connectivity index (χ3n) is 6.72. The Morgan fingerprint density at radius 1 is 1.03 bits per heavy atom. The Hall–Kier alpha value is -3.01. The van der Waals surface area contributed by atoms with Gasteiger partial charge in [0.25, 0.3) is 0 Å². The Kier molecular flexibility index (Phi) is 8.70. The summed E-state index contributed by atoms with van der Waals surface area (Å²) in [5, 5.41) is 0.534. The van der Waals surface area contributed by atoms with Gasteiger partial charge in [0.1, 0.15) is 17.4 Å². The number of ether oxygens (including phenoxy) is 1. The highest BCUT2D eigenvalue weighted by molar-refractivity contribution is 7.89. The fraction of sp³-hybridized carbons (Fsp3) is 0.321. The van der Waals surface area contributed by atoms with Crippen LogP contribution < -0.4 is 4.74 Å². The average molecular weight is 563 g/mol. The van der Waals surface area contributed by atoms with Crippen molar-refractivity contribution in [2.75, 3.05) is 26.7 Å². The van der Waals surface area contributed by atoms with E-state index in [0.717, 1.165) is 28.1 Å². The molecule has 1 atom stereocenters. The number of piperidine rings is 1. The molecule has 4 rings (SSSR count). The van der Waals surface area contributed by atoms with Crippen LogP contribution in [0.5, 0.6) is 5.75 Å². The number of carbonyl (C=O) groups excluding carboxylic acids is 1. The van der Waals surface area contributed by atoms with Crippen molar-refractivity contribution in [1.29, 1.82) is 0 Å². The van der Waals surface area contributed by atoms with Crippen LogP contribution >= 0.6 is 11.6 Å². The standard InChI is InChI=1S/C28H29ClF2N2O4S/c1-32(18-21-7-3-2-4-8-21)26(34)17-28(20-37-23-13-11-22(29)12-14-23)15-6-16-33(19-28)38(35,36)27-24(30)9-5-10-25(27)31/h2-5,7-14H,6,15-20H2,1H3/t28-/m0/s1. The average Bonchev–Trinajstić information content (AvgIpc) is 2.89. The molecule has 202 valence electrons. The van der Waals surface area contributed by atoms with Crippen molar-refractivity contribution in [2.24, 2.45) is 5.41 Å². The second kappa shape index (κ2) is 11.8. The molecule has 0 aromatic heterocycles. The van der Waals surface area contributed by atoms with Gasteiger partial charge in [-0.25, -0.2) is 17.2 Å². The van der Waals surface area contributed by atoms with Crippen LogP contribution in [0.3, 0.4) is 0 Å². The number of benzene rings is 3. The fourth-order valence-electron chi connectivity index (χ4n) is 4.71. The zero-order valence-electron chi connectivity index (χ0n) is 20.9. The van der Waals surface area contributed by atoms with E-state index in [-0.39, 0.29) is 32.0 Å². The minimum Gasteiger partial charge on any atom is -0.493 e. The van der Waals surface area contributed by atoms with Gasteiger partial charge >= 0.3 is 0 Å². The van der Waals surface area contributed by atoms with Crippen LogP contribution in [0.15, 0.2) is 77.7 Å². The summed E-state index contributed by atoms with van der Waals surface area (Å²) in [6, 6.07) is 19.2. The summed E-state index contributed by atoms with van der Waals surface area (Å²) in [4.78, 5) is 14.0. The molecule has 1 fully saturated rings. The van der Waals surface area contributed by atoms with Crippen LogP contribution in [0.4, 0.5) is 8.78 Å². The first-order chi connectivity index (χ1) is 18.1. The summed E-state index contributed by atoms with van der Waals surface area (Å²) >= 11 is 5.97. The van der Waals surface area contributed by atoms with E-state index in [1.807, 2.05) is 30.3 Å². The van der Waals surface area contributed by atoms with E-state index >= 15 is 0 Å². The van der Waals surface area contributed by atoms with Crippen molar-refractivity contribution >= 4 is 27.5 Å². The molecule has 0 unspecified atom stereocenters. The SMILES string of the molecule is CN(Cc1ccccc1)C(=O)C[C@@]1(COc2ccc(Cl)cc2)CCCN(S(=O)(=O)c2c(F)cccc2F)C1. The molecule has 1 aliphatic rings. The van der Waals surface area contributed by atoms with Crippen molar-refractivity contribution < 1.29 is 26.7 Å². The maximum Gasteiger partial charge on any atom is 0.248 e. The molecule has 1 heterocycles. The summed E-state index contributed by atoms with van der Waals surface area (Å²) in [7, 11) is -2.81. The van der Waals surface area contributed by atoms with E-state index in [2.05, 4.69) is 0 Å². The van der Waals surface area contributed by atoms with Crippen LogP contribution in [0.25, 0.3) is 0 Å². The summed E-state index contributed by atoms with van der Waals surface area (Å²) < 4.78 is 62.8. The summed E-state index contributed by atoms with van der Waals surface area (Å²) in [5.74, 6) is -1.99. The lowest BCUT2D eigenvalue weighted by Crippen LogP contribution is -2.50. The second-order valence-electron chi connectivity index (χ2n) is 9.65. The van der Waals surface area contributed by atoms with Gasteiger partial charge in [-0.05, 0) is 54.8 Å². The minimum atomic E-state index is -4.50. The first kappa shape index (κ1) is 28.0. The Morgan fingerprint density at radius 3 is 2.34 bits per heavy atom. The predicted octanol–water partition coefficient (Wildman–Crippen LogP) is 5.52. The molecular weight excluding hydrogens is 534 g/mol. The topological polar surface area (TPSA) is 66.9 Å². The molecule has 1 saturated heterocycles. The molecule has 3 aromatic rings. The van der Waals surface area contributed by atoms with Crippen molar-refractivity contribution in [3.63, 3.8) is 0 Å². The largest absolute Gasteiger partial charge is 0.493 e. The maximum absolute atomic E-state index is 14.5. The van der Waals surface area contributed by atoms with Gasteiger partial charge in [0.15, 0.2) is 4.90 Å². The molecular formula is C28H29ClF2N2O4S. The summed E-state index contributed by atoms with van der Waals surface area (Å²) in [6.45, 7) is 0.371. The number of sulfonamides is 1. The van der Waals surface area contributed by atoms with Crippen LogP contribution in [-0.2, 0) is 21.4 Å². The molecule has 1 aliphatic heterocycles. The number of hydrogen-bond acceptors (Lipinski definition) is 4. The lowest BCUT2D eigenvalue weighted by atomic mass is 9.78. The second-order valence-corrected chi connectivity index (χ2v) is 12.0. The van der Waals surface area contributed by atoms with Gasteiger partial charge in [0, 0.05) is 43.5 Å². The number of carbonyl (C=O) groups is 1. The number of amides is 1. The van der Waals surface area contributed by atoms with Gasteiger partial charge in [0.05, 0.1) is 6.61 Å². The Balaban J connectivity index is 1.60. The third kappa shape index (κ3) is 6.51. The molecule has 0 aliphatic carbocycles. The van der Waals surface area contributed by atoms with Crippen molar-refractivity contribution in [2.45, 2.75) is 30.7 Å². The molecule has 38 heavy (non-hydrogen) atoms. The van der Waals surface area contributed by atoms with Crippen LogP contribution in [-0.4, -0.2) is 50.3 Å². The van der Waals surface area contributed by atoms with Crippen molar-refractivity contribution in [3.05, 3.63) is 95.0 Å². The van der Waals surface area contributed by atoms with E-state index in [1.165, 1.54) is 0 Å². The minimum absolute atomic E-state index is 0.00427. The van der Waals surface area contributed by atoms with Crippen molar-refractivity contribution in [3.8, 4) is 5.75 Å². The van der Waals surface area contributed by atoms with E-state index < -0.39 is 32.0 Å². The van der Waals surface area contributed by atoms with E-state index in [9.17, 15) is 22.0 Å². The number of rotatable bonds is 9. The predicted molar refractivity (Wildman–Crippen MR) is 141 cm³/mol. The lowest BCUT2D eigenvalue weighted by molar-refractivity contribution is -0.134. The Bertz CT molecular complexity index is 1350. The van der Waals surface area contributed by atoms with Crippen LogP contribution in [0.1, 0.15) is 24.8 Å². The van der Waals surface area contributed by atoms with E-state index in [0.29, 0.717) is 30.2 Å². The van der Waals surface area contributed by atoms with Crippen molar-refractivity contribution in [1.82, 2.24) is 9.21 Å². The van der Waals surface area contributed by atoms with Crippen LogP contribution in [0.2, 0.25) is 5.02 Å². The molecule has 0 radical (unpaired) electrons. The van der Waals surface area contributed by atoms with Gasteiger partial charge in [-0.2, -0.15) is 4.31 Å². The molecule has 10 heteroatoms. The smallest absolute Gasteiger partial charge is 0.248 e. The van der Waals surface area contributed by atoms with Gasteiger partial charge in [-0.15, -0.1) is 0 Å². The lowest BCUT2D eigenvalue weighted by Gasteiger charge is -2.42. The van der Waals surface area contributed by atoms with Gasteiger partial charge in [-0.3, -0.25) is 4.79 Å². The molecule has 0 N–H and O–H groups in total. The van der Waals surface area contributed by atoms with Gasteiger partial charge in [0.2, 0.25) is 15.9 Å². The summed E-state index contributed by atoms with van der Waals surface area (Å²) in [6.07, 6.45) is 0.891. The Labute approximate surface area is 226 Å². The first-order valence-corrected chi connectivity index (χ1v) is 14.0. The van der Waals surface area contributed by atoms with Crippen LogP contribution in [0, 0.1) is 17.0 Å². The highest BCUT2D eigenvalue weighted by Gasteiger charge is 2.44. The molecule has 6 nitrogen and oxygen atoms in total. The number of hydrogen-bond donors (Lipinski definition) is 0. The number of nitrogens with zero attached hydrogens (tertiary/aromatic N) is 2. The molecule has 0 bridgehead atoms. The maximum atomic E-state index is 14.5. The zero-order valence-corrected chi connectivity index (χ0v) is 22.5.